The van der Waals surface area contributed by atoms with Crippen LogP contribution in [0.2, 0.25) is 0 Å². The molecule has 2 N–H and O–H groups in total. The highest BCUT2D eigenvalue weighted by Crippen LogP contribution is 2.27. The number of thiocarbonyl (C=S) groups is 1. The van der Waals surface area contributed by atoms with Crippen LogP contribution in [0.1, 0.15) is 33.0 Å². The third kappa shape index (κ3) is 5.07. The van der Waals surface area contributed by atoms with Crippen molar-refractivity contribution in [2.45, 2.75) is 34.2 Å². The summed E-state index contributed by atoms with van der Waals surface area (Å²) in [5.41, 5.74) is 6.62. The lowest BCUT2D eigenvalue weighted by Crippen LogP contribution is -2.38. The summed E-state index contributed by atoms with van der Waals surface area (Å²) >= 11 is 7.56. The maximum Gasteiger partial charge on any atom is 0.288 e. The van der Waals surface area contributed by atoms with Gasteiger partial charge in [0.2, 0.25) is 5.76 Å². The van der Waals surface area contributed by atoms with Crippen LogP contribution in [0.25, 0.3) is 11.5 Å². The van der Waals surface area contributed by atoms with Crippen molar-refractivity contribution in [1.82, 2.24) is 4.57 Å². The molecule has 3 aromatic heterocycles. The van der Waals surface area contributed by atoms with E-state index in [-0.39, 0.29) is 5.76 Å². The summed E-state index contributed by atoms with van der Waals surface area (Å²) in [6, 6.07) is 18.2. The maximum atomic E-state index is 11.6. The maximum absolute atomic E-state index is 11.6. The third-order valence-electron chi connectivity index (χ3n) is 5.62. The molecule has 0 atom stereocenters. The van der Waals surface area contributed by atoms with Gasteiger partial charge < -0.3 is 15.0 Å². The second kappa shape index (κ2) is 9.73. The average Bonchev–Trinajstić information content (AvgIpc) is 3.37. The highest BCUT2D eigenvalue weighted by molar-refractivity contribution is 7.81. The molecule has 6 heteroatoms. The number of anilines is 1. The zero-order chi connectivity index (χ0) is 23.5. The van der Waals surface area contributed by atoms with E-state index in [0.29, 0.717) is 10.7 Å². The van der Waals surface area contributed by atoms with Crippen molar-refractivity contribution in [3.8, 4) is 0 Å². The first-order valence-electron chi connectivity index (χ1n) is 10.8. The smallest absolute Gasteiger partial charge is 0.288 e. The lowest BCUT2D eigenvalue weighted by atomic mass is 10.1. The van der Waals surface area contributed by atoms with E-state index in [2.05, 4.69) is 66.4 Å². The molecule has 0 radical (unpaired) electrons. The summed E-state index contributed by atoms with van der Waals surface area (Å²) in [4.78, 5) is 1.73. The Morgan fingerprint density at radius 2 is 1.70 bits per heavy atom. The number of nitrogens with zero attached hydrogens (tertiary/aromatic N) is 2. The summed E-state index contributed by atoms with van der Waals surface area (Å²) in [5.74, 6) is 0.151. The molecule has 0 bridgehead atoms. The van der Waals surface area contributed by atoms with Gasteiger partial charge in [-0.2, -0.15) is 4.57 Å². The van der Waals surface area contributed by atoms with Crippen molar-refractivity contribution in [2.75, 3.05) is 5.32 Å². The van der Waals surface area contributed by atoms with Crippen LogP contribution in [0.5, 0.6) is 0 Å². The van der Waals surface area contributed by atoms with E-state index >= 15 is 0 Å². The molecule has 0 fully saturated rings. The zero-order valence-electron chi connectivity index (χ0n) is 19.3. The number of aliphatic hydroxyl groups is 1. The number of aliphatic hydroxyl groups excluding tert-OH is 1. The minimum atomic E-state index is 0.151. The Bertz CT molecular complexity index is 1300. The number of aromatic nitrogens is 2. The lowest BCUT2D eigenvalue weighted by molar-refractivity contribution is -0.575. The zero-order valence-corrected chi connectivity index (χ0v) is 20.9. The normalized spacial score (nSPS) is 11.9. The first-order valence-corrected chi connectivity index (χ1v) is 12.1. The third-order valence-corrected chi connectivity index (χ3v) is 6.77. The predicted molar refractivity (Wildman–Crippen MR) is 142 cm³/mol. The molecule has 0 aliphatic carbocycles. The molecule has 4 aromatic rings. The van der Waals surface area contributed by atoms with Crippen LogP contribution in [0.4, 0.5) is 5.69 Å². The number of pyridine rings is 1. The van der Waals surface area contributed by atoms with E-state index < -0.39 is 0 Å². The van der Waals surface area contributed by atoms with Crippen LogP contribution >= 0.6 is 23.6 Å². The fraction of sp³-hybridized carbons (Fsp3) is 0.185. The van der Waals surface area contributed by atoms with Crippen LogP contribution in [0.3, 0.4) is 0 Å². The quantitative estimate of drug-likeness (QED) is 0.146. The van der Waals surface area contributed by atoms with Gasteiger partial charge in [-0.3, -0.25) is 0 Å². The van der Waals surface area contributed by atoms with Crippen LogP contribution in [-0.4, -0.2) is 14.7 Å². The molecule has 3 heterocycles. The molecule has 1 aromatic carbocycles. The van der Waals surface area contributed by atoms with E-state index in [1.54, 1.807) is 11.3 Å². The number of thiophene rings is 1. The summed E-state index contributed by atoms with van der Waals surface area (Å²) in [7, 11) is 0. The Morgan fingerprint density at radius 1 is 1.00 bits per heavy atom. The topological polar surface area (TPSA) is 41.1 Å². The molecular formula is C27H28N3OS2+. The number of hydrogen-bond donors (Lipinski definition) is 2. The fourth-order valence-corrected chi connectivity index (χ4v) is 5.11. The highest BCUT2D eigenvalue weighted by atomic mass is 32.1. The number of benzene rings is 1. The molecule has 33 heavy (non-hydrogen) atoms. The second-order valence-corrected chi connectivity index (χ2v) is 9.70. The van der Waals surface area contributed by atoms with Gasteiger partial charge >= 0.3 is 0 Å². The molecule has 168 valence electrons. The molecule has 0 amide bonds. The van der Waals surface area contributed by atoms with E-state index in [4.69, 9.17) is 12.2 Å². The molecule has 0 aliphatic rings. The largest absolute Gasteiger partial charge is 0.502 e. The Kier molecular flexibility index (Phi) is 6.77. The van der Waals surface area contributed by atoms with Gasteiger partial charge in [0.15, 0.2) is 17.4 Å². The number of hydrogen-bond acceptors (Lipinski definition) is 3. The van der Waals surface area contributed by atoms with Crippen LogP contribution in [-0.2, 0) is 6.54 Å². The van der Waals surface area contributed by atoms with Crippen LogP contribution in [0.15, 0.2) is 72.4 Å². The summed E-state index contributed by atoms with van der Waals surface area (Å²) in [5, 5.41) is 17.0. The van der Waals surface area contributed by atoms with Crippen molar-refractivity contribution in [3.05, 3.63) is 105 Å². The predicted octanol–water partition coefficient (Wildman–Crippen LogP) is 6.44. The first-order chi connectivity index (χ1) is 15.8. The lowest BCUT2D eigenvalue weighted by Gasteiger charge is -2.12. The molecular weight excluding hydrogens is 446 g/mol. The Hall–Kier alpha value is -3.22. The summed E-state index contributed by atoms with van der Waals surface area (Å²) in [6.07, 6.45) is 3.79. The number of rotatable bonds is 6. The fourth-order valence-electron chi connectivity index (χ4n) is 4.10. The van der Waals surface area contributed by atoms with Gasteiger partial charge in [-0.05, 0) is 68.5 Å². The summed E-state index contributed by atoms with van der Waals surface area (Å²) in [6.45, 7) is 9.01. The van der Waals surface area contributed by atoms with Gasteiger partial charge in [0.1, 0.15) is 0 Å². The standard InChI is InChI=1S/C27H27N3OS2/c1-18-13-19(2)15-22(14-18)28-27(32)25(29-10-6-5-7-11-29)26(31)24-16-20(3)30(21(24)4)17-23-9-8-12-33-23/h5-16H,17H2,1-4H3,(H-,28,31,32)/p+1. The van der Waals surface area contributed by atoms with Gasteiger partial charge in [0.25, 0.3) is 5.70 Å². The molecule has 0 saturated heterocycles. The monoisotopic (exact) mass is 474 g/mol. The Labute approximate surface area is 204 Å². The molecule has 0 aliphatic heterocycles. The first kappa shape index (κ1) is 23.0. The molecule has 4 nitrogen and oxygen atoms in total. The molecule has 0 saturated carbocycles. The van der Waals surface area contributed by atoms with Gasteiger partial charge in [-0.25, -0.2) is 0 Å². The molecule has 4 rings (SSSR count). The average molecular weight is 475 g/mol. The van der Waals surface area contributed by atoms with Crippen molar-refractivity contribution in [3.63, 3.8) is 0 Å². The minimum Gasteiger partial charge on any atom is -0.502 e. The minimum absolute atomic E-state index is 0.151. The van der Waals surface area contributed by atoms with Crippen molar-refractivity contribution in [2.24, 2.45) is 0 Å². The van der Waals surface area contributed by atoms with Gasteiger partial charge in [-0.15, -0.1) is 11.3 Å². The van der Waals surface area contributed by atoms with Gasteiger partial charge in [0, 0.05) is 39.6 Å². The molecule has 0 spiro atoms. The number of nitrogens with one attached hydrogen (secondary N) is 1. The van der Waals surface area contributed by atoms with E-state index in [9.17, 15) is 5.11 Å². The number of aryl methyl sites for hydroxylation is 3. The van der Waals surface area contributed by atoms with E-state index in [1.807, 2.05) is 48.1 Å². The Balaban J connectivity index is 1.78. The van der Waals surface area contributed by atoms with Crippen molar-refractivity contribution < 1.29 is 9.67 Å². The SMILES string of the molecule is Cc1cc(C)cc(NC(=S)/C(=C(\O)c2cc(C)n(Cc3cccs3)c2C)[n+]2ccccc2)c1. The van der Waals surface area contributed by atoms with Crippen LogP contribution < -0.4 is 9.88 Å². The van der Waals surface area contributed by atoms with Gasteiger partial charge in [-0.1, -0.05) is 30.4 Å². The highest BCUT2D eigenvalue weighted by Gasteiger charge is 2.26. The summed E-state index contributed by atoms with van der Waals surface area (Å²) < 4.78 is 4.09. The van der Waals surface area contributed by atoms with Crippen LogP contribution in [0, 0.1) is 27.7 Å². The second-order valence-electron chi connectivity index (χ2n) is 8.26. The van der Waals surface area contributed by atoms with Crippen molar-refractivity contribution >= 4 is 45.7 Å². The van der Waals surface area contributed by atoms with E-state index in [1.165, 1.54) is 4.88 Å². The Morgan fingerprint density at radius 3 is 2.33 bits per heavy atom. The van der Waals surface area contributed by atoms with E-state index in [0.717, 1.165) is 40.3 Å². The van der Waals surface area contributed by atoms with Crippen molar-refractivity contribution in [1.29, 1.82) is 0 Å². The molecule has 0 unspecified atom stereocenters. The van der Waals surface area contributed by atoms with Gasteiger partial charge in [0.05, 0.1) is 6.54 Å².